The molecular formula is C20H18N4O4S. The van der Waals surface area contributed by atoms with Crippen molar-refractivity contribution in [1.82, 2.24) is 9.62 Å². The van der Waals surface area contributed by atoms with Gasteiger partial charge in [-0.05, 0) is 48.9 Å². The molecule has 148 valence electrons. The monoisotopic (exact) mass is 410 g/mol. The number of benzene rings is 2. The summed E-state index contributed by atoms with van der Waals surface area (Å²) in [5.41, 5.74) is 1.80. The molecule has 1 N–H and O–H groups in total. The summed E-state index contributed by atoms with van der Waals surface area (Å²) in [6.45, 7) is 1.86. The van der Waals surface area contributed by atoms with Crippen molar-refractivity contribution >= 4 is 27.5 Å². The largest absolute Gasteiger partial charge is 0.370 e. The normalized spacial score (nSPS) is 17.4. The second-order valence-corrected chi connectivity index (χ2v) is 8.83. The Morgan fingerprint density at radius 1 is 0.897 bits per heavy atom. The van der Waals surface area contributed by atoms with Crippen molar-refractivity contribution in [3.8, 4) is 6.07 Å². The van der Waals surface area contributed by atoms with Crippen LogP contribution in [0.2, 0.25) is 0 Å². The van der Waals surface area contributed by atoms with E-state index in [1.165, 1.54) is 22.5 Å². The number of nitriles is 1. The molecule has 0 aliphatic carbocycles. The molecule has 2 aliphatic rings. The van der Waals surface area contributed by atoms with E-state index in [4.69, 9.17) is 5.26 Å². The van der Waals surface area contributed by atoms with Gasteiger partial charge in [0.25, 0.3) is 11.8 Å². The van der Waals surface area contributed by atoms with Gasteiger partial charge >= 0.3 is 0 Å². The van der Waals surface area contributed by atoms with Gasteiger partial charge in [-0.15, -0.1) is 0 Å². The van der Waals surface area contributed by atoms with E-state index in [1.807, 2.05) is 12.1 Å². The first kappa shape index (κ1) is 19.1. The van der Waals surface area contributed by atoms with Gasteiger partial charge in [-0.3, -0.25) is 14.9 Å². The molecule has 2 amide bonds. The molecule has 1 fully saturated rings. The number of anilines is 1. The highest BCUT2D eigenvalue weighted by atomic mass is 32.2. The first-order valence-electron chi connectivity index (χ1n) is 9.15. The molecule has 29 heavy (non-hydrogen) atoms. The lowest BCUT2D eigenvalue weighted by molar-refractivity contribution is 0.0879. The van der Waals surface area contributed by atoms with Crippen molar-refractivity contribution in [1.29, 1.82) is 5.26 Å². The third-order valence-corrected chi connectivity index (χ3v) is 7.06. The molecule has 0 spiro atoms. The summed E-state index contributed by atoms with van der Waals surface area (Å²) in [5, 5.41) is 11.1. The Bertz CT molecular complexity index is 1140. The number of nitrogens with zero attached hydrogens (tertiary/aromatic N) is 3. The van der Waals surface area contributed by atoms with E-state index in [0.717, 1.165) is 5.69 Å². The van der Waals surface area contributed by atoms with E-state index in [0.29, 0.717) is 38.2 Å². The Morgan fingerprint density at radius 3 is 2.34 bits per heavy atom. The summed E-state index contributed by atoms with van der Waals surface area (Å²) in [4.78, 5) is 25.6. The highest BCUT2D eigenvalue weighted by molar-refractivity contribution is 7.89. The maximum atomic E-state index is 13.1. The quantitative estimate of drug-likeness (QED) is 0.765. The number of hydrogen-bond acceptors (Lipinski definition) is 6. The van der Waals surface area contributed by atoms with Gasteiger partial charge in [0.2, 0.25) is 10.0 Å². The Balaban J connectivity index is 1.54. The van der Waals surface area contributed by atoms with Gasteiger partial charge in [0.05, 0.1) is 27.7 Å². The molecule has 4 rings (SSSR count). The van der Waals surface area contributed by atoms with Gasteiger partial charge < -0.3 is 4.90 Å². The lowest BCUT2D eigenvalue weighted by Crippen LogP contribution is -2.35. The maximum Gasteiger partial charge on any atom is 0.258 e. The maximum absolute atomic E-state index is 13.1. The standard InChI is InChI=1S/C20H18N4O4S/c21-13-14-2-4-15(5-3-14)23-8-1-9-24(11-10-23)29(27,28)16-6-7-17-18(12-16)20(26)22-19(17)25/h2-7,12H,1,8-11H2,(H,22,25,26). The zero-order valence-corrected chi connectivity index (χ0v) is 16.3. The number of nitrogens with one attached hydrogen (secondary N) is 1. The predicted octanol–water partition coefficient (Wildman–Crippen LogP) is 1.34. The zero-order valence-electron chi connectivity index (χ0n) is 15.5. The van der Waals surface area contributed by atoms with Crippen molar-refractivity contribution in [2.75, 3.05) is 31.1 Å². The molecule has 2 aliphatic heterocycles. The summed E-state index contributed by atoms with van der Waals surface area (Å²) < 4.78 is 27.6. The molecule has 2 heterocycles. The Hall–Kier alpha value is -3.22. The van der Waals surface area contributed by atoms with E-state index >= 15 is 0 Å². The van der Waals surface area contributed by atoms with E-state index in [1.54, 1.807) is 12.1 Å². The van der Waals surface area contributed by atoms with Gasteiger partial charge in [0, 0.05) is 31.9 Å². The predicted molar refractivity (Wildman–Crippen MR) is 105 cm³/mol. The Labute approximate surface area is 168 Å². The van der Waals surface area contributed by atoms with Crippen LogP contribution in [0, 0.1) is 11.3 Å². The summed E-state index contributed by atoms with van der Waals surface area (Å²) in [6.07, 6.45) is 0.642. The number of fused-ring (bicyclic) bond motifs is 1. The lowest BCUT2D eigenvalue weighted by atomic mass is 10.1. The van der Waals surface area contributed by atoms with Crippen LogP contribution in [-0.2, 0) is 10.0 Å². The molecular weight excluding hydrogens is 392 g/mol. The van der Waals surface area contributed by atoms with Crippen LogP contribution in [0.1, 0.15) is 32.7 Å². The molecule has 0 radical (unpaired) electrons. The number of amides is 2. The summed E-state index contributed by atoms with van der Waals surface area (Å²) in [7, 11) is -3.79. The molecule has 1 saturated heterocycles. The average molecular weight is 410 g/mol. The van der Waals surface area contributed by atoms with Gasteiger partial charge in [0.1, 0.15) is 0 Å². The van der Waals surface area contributed by atoms with Crippen LogP contribution >= 0.6 is 0 Å². The number of carbonyl (C=O) groups is 2. The molecule has 8 nitrogen and oxygen atoms in total. The smallest absolute Gasteiger partial charge is 0.258 e. The fourth-order valence-electron chi connectivity index (χ4n) is 3.60. The van der Waals surface area contributed by atoms with Crippen molar-refractivity contribution < 1.29 is 18.0 Å². The van der Waals surface area contributed by atoms with Crippen molar-refractivity contribution in [2.24, 2.45) is 0 Å². The first-order chi connectivity index (χ1) is 13.9. The summed E-state index contributed by atoms with van der Waals surface area (Å²) in [5.74, 6) is -1.09. The number of hydrogen-bond donors (Lipinski definition) is 1. The van der Waals surface area contributed by atoms with E-state index < -0.39 is 21.8 Å². The number of carbonyl (C=O) groups excluding carboxylic acids is 2. The van der Waals surface area contributed by atoms with Crippen molar-refractivity contribution in [3.63, 3.8) is 0 Å². The van der Waals surface area contributed by atoms with Crippen LogP contribution in [0.3, 0.4) is 0 Å². The highest BCUT2D eigenvalue weighted by Crippen LogP contribution is 2.25. The van der Waals surface area contributed by atoms with Crippen LogP contribution in [0.4, 0.5) is 5.69 Å². The van der Waals surface area contributed by atoms with Crippen LogP contribution in [0.5, 0.6) is 0 Å². The molecule has 0 atom stereocenters. The fraction of sp³-hybridized carbons (Fsp3) is 0.250. The molecule has 2 aromatic rings. The molecule has 0 aromatic heterocycles. The second-order valence-electron chi connectivity index (χ2n) is 6.89. The molecule has 0 saturated carbocycles. The highest BCUT2D eigenvalue weighted by Gasteiger charge is 2.32. The zero-order chi connectivity index (χ0) is 20.6. The summed E-state index contributed by atoms with van der Waals surface area (Å²) >= 11 is 0. The van der Waals surface area contributed by atoms with Gasteiger partial charge in [-0.2, -0.15) is 9.57 Å². The Morgan fingerprint density at radius 2 is 1.62 bits per heavy atom. The number of rotatable bonds is 3. The van der Waals surface area contributed by atoms with Crippen molar-refractivity contribution in [3.05, 3.63) is 59.2 Å². The first-order valence-corrected chi connectivity index (χ1v) is 10.6. The topological polar surface area (TPSA) is 111 Å². The third kappa shape index (κ3) is 3.48. The molecule has 0 bridgehead atoms. The fourth-order valence-corrected chi connectivity index (χ4v) is 5.09. The van der Waals surface area contributed by atoms with Crippen LogP contribution < -0.4 is 10.2 Å². The molecule has 0 unspecified atom stereocenters. The SMILES string of the molecule is N#Cc1ccc(N2CCCN(S(=O)(=O)c3ccc4c(c3)C(=O)NC4=O)CC2)cc1. The Kier molecular flexibility index (Phi) is 4.82. The van der Waals surface area contributed by atoms with Crippen LogP contribution in [0.15, 0.2) is 47.4 Å². The second kappa shape index (κ2) is 7.31. The van der Waals surface area contributed by atoms with Gasteiger partial charge in [0.15, 0.2) is 0 Å². The van der Waals surface area contributed by atoms with E-state index in [-0.39, 0.29) is 16.0 Å². The van der Waals surface area contributed by atoms with E-state index in [2.05, 4.69) is 16.3 Å². The number of sulfonamides is 1. The minimum absolute atomic E-state index is 0.00734. The summed E-state index contributed by atoms with van der Waals surface area (Å²) in [6, 6.07) is 13.3. The average Bonchev–Trinajstić information content (AvgIpc) is 2.90. The number of imide groups is 1. The molecule has 9 heteroatoms. The van der Waals surface area contributed by atoms with Gasteiger partial charge in [-0.25, -0.2) is 8.42 Å². The molecule has 2 aromatic carbocycles. The van der Waals surface area contributed by atoms with Gasteiger partial charge in [-0.1, -0.05) is 0 Å². The third-order valence-electron chi connectivity index (χ3n) is 5.16. The lowest BCUT2D eigenvalue weighted by Gasteiger charge is -2.23. The van der Waals surface area contributed by atoms with Crippen molar-refractivity contribution in [2.45, 2.75) is 11.3 Å². The van der Waals surface area contributed by atoms with Crippen LogP contribution in [-0.4, -0.2) is 50.7 Å². The van der Waals surface area contributed by atoms with Crippen LogP contribution in [0.25, 0.3) is 0 Å². The minimum atomic E-state index is -3.79. The minimum Gasteiger partial charge on any atom is -0.370 e. The van der Waals surface area contributed by atoms with E-state index in [9.17, 15) is 18.0 Å².